The van der Waals surface area contributed by atoms with Gasteiger partial charge < -0.3 is 14.7 Å². The number of benzene rings is 1. The molecule has 0 spiro atoms. The van der Waals surface area contributed by atoms with Crippen LogP contribution in [0, 0.1) is 5.41 Å². The Labute approximate surface area is 149 Å². The zero-order valence-electron chi connectivity index (χ0n) is 15.2. The first-order valence-electron chi connectivity index (χ1n) is 9.03. The minimum Gasteiger partial charge on any atom is -0.490 e. The Morgan fingerprint density at radius 1 is 1.16 bits per heavy atom. The van der Waals surface area contributed by atoms with Crippen LogP contribution in [0.3, 0.4) is 0 Å². The molecule has 136 valence electrons. The fourth-order valence-electron chi connectivity index (χ4n) is 3.49. The molecule has 2 fully saturated rings. The molecule has 5 nitrogen and oxygen atoms in total. The third-order valence-corrected chi connectivity index (χ3v) is 5.29. The van der Waals surface area contributed by atoms with Gasteiger partial charge in [-0.05, 0) is 29.9 Å². The summed E-state index contributed by atoms with van der Waals surface area (Å²) in [5, 5.41) is 9.29. The molecule has 1 heterocycles. The molecule has 1 aromatic carbocycles. The maximum absolute atomic E-state index is 12.5. The lowest BCUT2D eigenvalue weighted by molar-refractivity contribution is -0.154. The van der Waals surface area contributed by atoms with Crippen LogP contribution in [0.2, 0.25) is 0 Å². The van der Waals surface area contributed by atoms with Crippen molar-refractivity contribution in [2.24, 2.45) is 5.41 Å². The number of carboxylic acid groups (broad SMARTS) is 1. The molecule has 3 rings (SSSR count). The van der Waals surface area contributed by atoms with Gasteiger partial charge in [-0.25, -0.2) is 0 Å². The minimum atomic E-state index is -1.13. The first-order chi connectivity index (χ1) is 11.7. The Morgan fingerprint density at radius 2 is 1.76 bits per heavy atom. The van der Waals surface area contributed by atoms with Crippen LogP contribution in [0.5, 0.6) is 5.75 Å². The van der Waals surface area contributed by atoms with Crippen molar-refractivity contribution in [1.29, 1.82) is 0 Å². The second-order valence-electron chi connectivity index (χ2n) is 8.24. The normalized spacial score (nSPS) is 20.2. The van der Waals surface area contributed by atoms with Gasteiger partial charge in [0, 0.05) is 25.9 Å². The maximum atomic E-state index is 12.5. The van der Waals surface area contributed by atoms with Crippen molar-refractivity contribution in [2.45, 2.75) is 58.0 Å². The molecule has 1 aliphatic heterocycles. The molecule has 0 unspecified atom stereocenters. The quantitative estimate of drug-likeness (QED) is 0.851. The molecule has 1 amide bonds. The van der Waals surface area contributed by atoms with E-state index in [9.17, 15) is 14.7 Å². The standard InChI is InChI=1S/C20H27NO4/c1-19(2,3)15-6-4-5-7-16(15)25-14-8-12-21(13-9-14)17(22)20(10-11-20)18(23)24/h4-7,14H,8-13H2,1-3H3,(H,23,24). The molecule has 0 aromatic heterocycles. The van der Waals surface area contributed by atoms with E-state index in [1.807, 2.05) is 18.2 Å². The first kappa shape index (κ1) is 17.8. The van der Waals surface area contributed by atoms with Crippen molar-refractivity contribution in [3.8, 4) is 5.75 Å². The maximum Gasteiger partial charge on any atom is 0.319 e. The number of piperidine rings is 1. The summed E-state index contributed by atoms with van der Waals surface area (Å²) in [5.41, 5.74) is 0.0518. The average Bonchev–Trinajstić information content (AvgIpc) is 3.36. The number of hydrogen-bond acceptors (Lipinski definition) is 3. The first-order valence-corrected chi connectivity index (χ1v) is 9.03. The van der Waals surface area contributed by atoms with Crippen LogP contribution in [-0.4, -0.2) is 41.1 Å². The Bertz CT molecular complexity index is 665. The van der Waals surface area contributed by atoms with Crippen molar-refractivity contribution in [3.05, 3.63) is 29.8 Å². The molecule has 0 bridgehead atoms. The molecule has 1 aromatic rings. The molecule has 1 aliphatic carbocycles. The van der Waals surface area contributed by atoms with E-state index >= 15 is 0 Å². The van der Waals surface area contributed by atoms with Gasteiger partial charge >= 0.3 is 5.97 Å². The van der Waals surface area contributed by atoms with Crippen LogP contribution in [0.1, 0.15) is 52.0 Å². The lowest BCUT2D eigenvalue weighted by Gasteiger charge is -2.34. The van der Waals surface area contributed by atoms with E-state index in [4.69, 9.17) is 4.74 Å². The van der Waals surface area contributed by atoms with Crippen molar-refractivity contribution >= 4 is 11.9 Å². The number of aliphatic carboxylic acids is 1. The monoisotopic (exact) mass is 345 g/mol. The van der Waals surface area contributed by atoms with E-state index in [1.165, 1.54) is 5.56 Å². The number of amides is 1. The number of hydrogen-bond donors (Lipinski definition) is 1. The highest BCUT2D eigenvalue weighted by molar-refractivity contribution is 6.04. The molecular weight excluding hydrogens is 318 g/mol. The Hall–Kier alpha value is -2.04. The van der Waals surface area contributed by atoms with Crippen LogP contribution in [0.4, 0.5) is 0 Å². The van der Waals surface area contributed by atoms with Gasteiger partial charge in [-0.15, -0.1) is 0 Å². The molecule has 2 aliphatic rings. The Kier molecular flexibility index (Phi) is 4.52. The molecule has 5 heteroatoms. The summed E-state index contributed by atoms with van der Waals surface area (Å²) in [6.45, 7) is 7.62. The zero-order valence-corrected chi connectivity index (χ0v) is 15.2. The fraction of sp³-hybridized carbons (Fsp3) is 0.600. The summed E-state index contributed by atoms with van der Waals surface area (Å²) in [5.74, 6) is -0.285. The van der Waals surface area contributed by atoms with E-state index in [1.54, 1.807) is 4.90 Å². The number of likely N-dealkylation sites (tertiary alicyclic amines) is 1. The number of carbonyl (C=O) groups excluding carboxylic acids is 1. The fourth-order valence-corrected chi connectivity index (χ4v) is 3.49. The smallest absolute Gasteiger partial charge is 0.319 e. The largest absolute Gasteiger partial charge is 0.490 e. The van der Waals surface area contributed by atoms with Crippen LogP contribution >= 0.6 is 0 Å². The van der Waals surface area contributed by atoms with E-state index in [0.717, 1.165) is 18.6 Å². The third-order valence-electron chi connectivity index (χ3n) is 5.29. The summed E-state index contributed by atoms with van der Waals surface area (Å²) in [6, 6.07) is 8.10. The lowest BCUT2D eigenvalue weighted by atomic mass is 9.86. The van der Waals surface area contributed by atoms with Gasteiger partial charge in [0.2, 0.25) is 5.91 Å². The minimum absolute atomic E-state index is 0.00705. The van der Waals surface area contributed by atoms with Gasteiger partial charge in [-0.2, -0.15) is 0 Å². The van der Waals surface area contributed by atoms with Crippen molar-refractivity contribution < 1.29 is 19.4 Å². The highest BCUT2D eigenvalue weighted by atomic mass is 16.5. The Morgan fingerprint density at radius 3 is 2.28 bits per heavy atom. The van der Waals surface area contributed by atoms with Crippen LogP contribution in [0.25, 0.3) is 0 Å². The zero-order chi connectivity index (χ0) is 18.2. The van der Waals surface area contributed by atoms with Gasteiger partial charge in [0.15, 0.2) is 0 Å². The van der Waals surface area contributed by atoms with E-state index in [2.05, 4.69) is 26.8 Å². The summed E-state index contributed by atoms with van der Waals surface area (Å²) in [6.07, 6.45) is 2.47. The SMILES string of the molecule is CC(C)(C)c1ccccc1OC1CCN(C(=O)C2(C(=O)O)CC2)CC1. The number of carboxylic acids is 1. The number of para-hydroxylation sites is 1. The molecular formula is C20H27NO4. The number of rotatable bonds is 4. The second-order valence-corrected chi connectivity index (χ2v) is 8.24. The molecule has 0 atom stereocenters. The summed E-state index contributed by atoms with van der Waals surface area (Å²) >= 11 is 0. The van der Waals surface area contributed by atoms with Gasteiger partial charge in [-0.3, -0.25) is 9.59 Å². The van der Waals surface area contributed by atoms with E-state index < -0.39 is 11.4 Å². The highest BCUT2D eigenvalue weighted by Crippen LogP contribution is 2.47. The predicted molar refractivity (Wildman–Crippen MR) is 94.7 cm³/mol. The Balaban J connectivity index is 1.61. The number of carbonyl (C=O) groups is 2. The predicted octanol–water partition coefficient (Wildman–Crippen LogP) is 3.22. The summed E-state index contributed by atoms with van der Waals surface area (Å²) in [4.78, 5) is 25.5. The van der Waals surface area contributed by atoms with Crippen molar-refractivity contribution in [3.63, 3.8) is 0 Å². The lowest BCUT2D eigenvalue weighted by Crippen LogP contribution is -2.47. The summed E-state index contributed by atoms with van der Waals surface area (Å²) in [7, 11) is 0. The van der Waals surface area contributed by atoms with Crippen LogP contribution in [0.15, 0.2) is 24.3 Å². The van der Waals surface area contributed by atoms with Gasteiger partial charge in [0.25, 0.3) is 0 Å². The molecule has 25 heavy (non-hydrogen) atoms. The van der Waals surface area contributed by atoms with Crippen molar-refractivity contribution in [1.82, 2.24) is 4.90 Å². The summed E-state index contributed by atoms with van der Waals surface area (Å²) < 4.78 is 6.24. The van der Waals surface area contributed by atoms with E-state index in [-0.39, 0.29) is 17.4 Å². The molecule has 0 radical (unpaired) electrons. The molecule has 1 saturated heterocycles. The van der Waals surface area contributed by atoms with Crippen LogP contribution in [-0.2, 0) is 15.0 Å². The number of nitrogens with zero attached hydrogens (tertiary/aromatic N) is 1. The third kappa shape index (κ3) is 3.51. The second kappa shape index (κ2) is 6.36. The molecule has 1 N–H and O–H groups in total. The van der Waals surface area contributed by atoms with Gasteiger partial charge in [-0.1, -0.05) is 39.0 Å². The van der Waals surface area contributed by atoms with Crippen LogP contribution < -0.4 is 4.74 Å². The van der Waals surface area contributed by atoms with Gasteiger partial charge in [0.05, 0.1) is 0 Å². The average molecular weight is 345 g/mol. The topological polar surface area (TPSA) is 66.8 Å². The van der Waals surface area contributed by atoms with E-state index in [0.29, 0.717) is 25.9 Å². The van der Waals surface area contributed by atoms with Crippen molar-refractivity contribution in [2.75, 3.05) is 13.1 Å². The van der Waals surface area contributed by atoms with Gasteiger partial charge in [0.1, 0.15) is 17.3 Å². The number of ether oxygens (including phenoxy) is 1. The molecule has 1 saturated carbocycles. The highest BCUT2D eigenvalue weighted by Gasteiger charge is 2.58.